The van der Waals surface area contributed by atoms with Gasteiger partial charge in [0.2, 0.25) is 5.91 Å². The molecule has 1 saturated carbocycles. The number of carboxylic acids is 1. The molecule has 0 bridgehead atoms. The monoisotopic (exact) mass is 333 g/mol. The quantitative estimate of drug-likeness (QED) is 0.922. The maximum Gasteiger partial charge on any atom is 0.306 e. The zero-order chi connectivity index (χ0) is 17.3. The Kier molecular flexibility index (Phi) is 4.88. The predicted molar refractivity (Wildman–Crippen MR) is 88.0 cm³/mol. The van der Waals surface area contributed by atoms with E-state index in [0.717, 1.165) is 24.8 Å². The number of hydrogen-bond acceptors (Lipinski definition) is 2. The van der Waals surface area contributed by atoms with Gasteiger partial charge in [-0.25, -0.2) is 4.39 Å². The summed E-state index contributed by atoms with van der Waals surface area (Å²) in [4.78, 5) is 26.0. The van der Waals surface area contributed by atoms with Crippen molar-refractivity contribution < 1.29 is 19.1 Å². The molecule has 4 unspecified atom stereocenters. The number of hydrogen-bond donors (Lipinski definition) is 1. The number of aliphatic carboxylic acids is 1. The molecular weight excluding hydrogens is 309 g/mol. The van der Waals surface area contributed by atoms with Crippen molar-refractivity contribution in [3.63, 3.8) is 0 Å². The molecule has 4 atom stereocenters. The number of carbonyl (C=O) groups is 2. The number of benzene rings is 1. The third-order valence-electron chi connectivity index (χ3n) is 5.57. The fraction of sp³-hybridized carbons (Fsp3) is 0.579. The van der Waals surface area contributed by atoms with Gasteiger partial charge >= 0.3 is 5.97 Å². The lowest BCUT2D eigenvalue weighted by Crippen LogP contribution is -2.41. The first-order valence-electron chi connectivity index (χ1n) is 8.74. The third kappa shape index (κ3) is 3.45. The molecule has 1 amide bonds. The smallest absolute Gasteiger partial charge is 0.306 e. The molecule has 130 valence electrons. The van der Waals surface area contributed by atoms with Gasteiger partial charge in [-0.1, -0.05) is 18.6 Å². The first-order chi connectivity index (χ1) is 11.5. The van der Waals surface area contributed by atoms with Crippen LogP contribution in [-0.4, -0.2) is 34.5 Å². The number of carboxylic acid groups (broad SMARTS) is 1. The van der Waals surface area contributed by atoms with Crippen LogP contribution >= 0.6 is 0 Å². The van der Waals surface area contributed by atoms with Crippen LogP contribution in [-0.2, 0) is 9.59 Å². The normalized spacial score (nSPS) is 30.3. The van der Waals surface area contributed by atoms with E-state index in [1.807, 2.05) is 11.8 Å². The zero-order valence-electron chi connectivity index (χ0n) is 14.0. The van der Waals surface area contributed by atoms with Crippen molar-refractivity contribution in [2.45, 2.75) is 51.0 Å². The molecule has 1 aromatic rings. The van der Waals surface area contributed by atoms with Gasteiger partial charge in [0.05, 0.1) is 5.92 Å². The van der Waals surface area contributed by atoms with Gasteiger partial charge in [-0.3, -0.25) is 9.59 Å². The Bertz CT molecular complexity index is 616. The number of carbonyl (C=O) groups excluding carboxylic acids is 1. The van der Waals surface area contributed by atoms with E-state index in [1.165, 1.54) is 12.1 Å². The highest BCUT2D eigenvalue weighted by Gasteiger charge is 2.38. The van der Waals surface area contributed by atoms with Gasteiger partial charge in [-0.05, 0) is 50.3 Å². The van der Waals surface area contributed by atoms with Gasteiger partial charge in [0.25, 0.3) is 0 Å². The molecule has 0 aromatic heterocycles. The standard InChI is InChI=1S/C19H24FNO3/c1-12-9-16(13-5-7-17(20)8-6-13)11-21(12)18(22)14-3-2-4-15(10-14)19(23)24/h5-8,12,14-16H,2-4,9-11H2,1H3,(H,23,24). The molecule has 0 spiro atoms. The van der Waals surface area contributed by atoms with E-state index in [0.29, 0.717) is 19.4 Å². The van der Waals surface area contributed by atoms with Crippen molar-refractivity contribution in [2.24, 2.45) is 11.8 Å². The summed E-state index contributed by atoms with van der Waals surface area (Å²) in [5, 5.41) is 9.21. The van der Waals surface area contributed by atoms with Crippen LogP contribution in [0, 0.1) is 17.7 Å². The van der Waals surface area contributed by atoms with Gasteiger partial charge < -0.3 is 10.0 Å². The van der Waals surface area contributed by atoms with Crippen molar-refractivity contribution in [1.82, 2.24) is 4.90 Å². The minimum absolute atomic E-state index is 0.0954. The van der Waals surface area contributed by atoms with E-state index >= 15 is 0 Å². The van der Waals surface area contributed by atoms with Gasteiger partial charge in [0.1, 0.15) is 5.82 Å². The molecule has 1 aliphatic heterocycles. The van der Waals surface area contributed by atoms with Crippen LogP contribution in [0.25, 0.3) is 0 Å². The van der Waals surface area contributed by atoms with Gasteiger partial charge in [0, 0.05) is 24.4 Å². The van der Waals surface area contributed by atoms with Crippen molar-refractivity contribution in [2.75, 3.05) is 6.54 Å². The van der Waals surface area contributed by atoms with Crippen LogP contribution in [0.2, 0.25) is 0 Å². The molecule has 1 heterocycles. The Morgan fingerprint density at radius 2 is 1.79 bits per heavy atom. The summed E-state index contributed by atoms with van der Waals surface area (Å²) in [7, 11) is 0. The number of rotatable bonds is 3. The molecule has 1 N–H and O–H groups in total. The fourth-order valence-electron chi connectivity index (χ4n) is 4.19. The summed E-state index contributed by atoms with van der Waals surface area (Å²) in [6, 6.07) is 6.65. The number of amides is 1. The predicted octanol–water partition coefficient (Wildman–Crippen LogP) is 3.42. The Balaban J connectivity index is 1.67. The molecule has 2 fully saturated rings. The molecule has 24 heavy (non-hydrogen) atoms. The fourth-order valence-corrected chi connectivity index (χ4v) is 4.19. The lowest BCUT2D eigenvalue weighted by atomic mass is 9.80. The third-order valence-corrected chi connectivity index (χ3v) is 5.57. The number of halogens is 1. The van der Waals surface area contributed by atoms with Gasteiger partial charge in [-0.15, -0.1) is 0 Å². The lowest BCUT2D eigenvalue weighted by Gasteiger charge is -2.31. The zero-order valence-corrected chi connectivity index (χ0v) is 14.0. The van der Waals surface area contributed by atoms with Crippen LogP contribution in [0.5, 0.6) is 0 Å². The number of likely N-dealkylation sites (tertiary alicyclic amines) is 1. The summed E-state index contributed by atoms with van der Waals surface area (Å²) in [5.41, 5.74) is 1.06. The van der Waals surface area contributed by atoms with Crippen molar-refractivity contribution >= 4 is 11.9 Å². The molecule has 1 aliphatic carbocycles. The highest BCUT2D eigenvalue weighted by molar-refractivity contribution is 5.81. The van der Waals surface area contributed by atoms with E-state index in [-0.39, 0.29) is 29.6 Å². The average Bonchev–Trinajstić information content (AvgIpc) is 2.96. The average molecular weight is 333 g/mol. The Hall–Kier alpha value is -1.91. The second-order valence-electron chi connectivity index (χ2n) is 7.22. The summed E-state index contributed by atoms with van der Waals surface area (Å²) >= 11 is 0. The molecule has 4 nitrogen and oxygen atoms in total. The second kappa shape index (κ2) is 6.91. The summed E-state index contributed by atoms with van der Waals surface area (Å²) < 4.78 is 13.1. The van der Waals surface area contributed by atoms with Gasteiger partial charge in [-0.2, -0.15) is 0 Å². The van der Waals surface area contributed by atoms with Gasteiger partial charge in [0.15, 0.2) is 0 Å². The number of nitrogens with zero attached hydrogens (tertiary/aromatic N) is 1. The first-order valence-corrected chi connectivity index (χ1v) is 8.74. The maximum absolute atomic E-state index is 13.1. The molecule has 2 aliphatic rings. The first kappa shape index (κ1) is 16.9. The van der Waals surface area contributed by atoms with E-state index in [9.17, 15) is 19.1 Å². The Labute approximate surface area is 141 Å². The van der Waals surface area contributed by atoms with Crippen molar-refractivity contribution in [3.8, 4) is 0 Å². The molecule has 0 radical (unpaired) electrons. The minimum Gasteiger partial charge on any atom is -0.481 e. The molecule has 5 heteroatoms. The van der Waals surface area contributed by atoms with Crippen molar-refractivity contribution in [1.29, 1.82) is 0 Å². The molecule has 1 aromatic carbocycles. The van der Waals surface area contributed by atoms with Crippen LogP contribution in [0.15, 0.2) is 24.3 Å². The topological polar surface area (TPSA) is 57.6 Å². The SMILES string of the molecule is CC1CC(c2ccc(F)cc2)CN1C(=O)C1CCCC(C(=O)O)C1. The van der Waals surface area contributed by atoms with Crippen LogP contribution < -0.4 is 0 Å². The lowest BCUT2D eigenvalue weighted by molar-refractivity contribution is -0.145. The maximum atomic E-state index is 13.1. The van der Waals surface area contributed by atoms with E-state index in [1.54, 1.807) is 12.1 Å². The van der Waals surface area contributed by atoms with Crippen LogP contribution in [0.3, 0.4) is 0 Å². The van der Waals surface area contributed by atoms with E-state index in [4.69, 9.17) is 0 Å². The molecular formula is C19H24FNO3. The Morgan fingerprint density at radius 3 is 2.46 bits per heavy atom. The van der Waals surface area contributed by atoms with Crippen LogP contribution in [0.1, 0.15) is 50.5 Å². The summed E-state index contributed by atoms with van der Waals surface area (Å²) in [6.07, 6.45) is 3.59. The molecule has 3 rings (SSSR count). The second-order valence-corrected chi connectivity index (χ2v) is 7.22. The summed E-state index contributed by atoms with van der Waals surface area (Å²) in [5.74, 6) is -1.28. The van der Waals surface area contributed by atoms with Crippen LogP contribution in [0.4, 0.5) is 4.39 Å². The molecule has 1 saturated heterocycles. The minimum atomic E-state index is -0.786. The highest BCUT2D eigenvalue weighted by Crippen LogP contribution is 2.36. The highest BCUT2D eigenvalue weighted by atomic mass is 19.1. The van der Waals surface area contributed by atoms with E-state index < -0.39 is 11.9 Å². The largest absolute Gasteiger partial charge is 0.481 e. The Morgan fingerprint density at radius 1 is 1.12 bits per heavy atom. The van der Waals surface area contributed by atoms with Crippen molar-refractivity contribution in [3.05, 3.63) is 35.6 Å². The van der Waals surface area contributed by atoms with E-state index in [2.05, 4.69) is 0 Å². The summed E-state index contributed by atoms with van der Waals surface area (Å²) in [6.45, 7) is 2.68.